The largest absolute Gasteiger partial charge is 0.494 e. The molecule has 0 aliphatic heterocycles. The van der Waals surface area contributed by atoms with Gasteiger partial charge in [0.2, 0.25) is 11.8 Å². The van der Waals surface area contributed by atoms with E-state index in [-0.39, 0.29) is 17.4 Å². The fraction of sp³-hybridized carbons (Fsp3) is 0.333. The van der Waals surface area contributed by atoms with Crippen molar-refractivity contribution in [3.05, 3.63) is 53.3 Å². The molecule has 0 saturated carbocycles. The van der Waals surface area contributed by atoms with Gasteiger partial charge in [0.15, 0.2) is 5.75 Å². The summed E-state index contributed by atoms with van der Waals surface area (Å²) in [6.07, 6.45) is 3.31. The van der Waals surface area contributed by atoms with Crippen LogP contribution in [-0.4, -0.2) is 43.0 Å². The van der Waals surface area contributed by atoms with E-state index in [2.05, 4.69) is 35.9 Å². The van der Waals surface area contributed by atoms with Gasteiger partial charge in [-0.2, -0.15) is 10.1 Å². The number of benzene rings is 1. The zero-order valence-electron chi connectivity index (χ0n) is 21.4. The molecule has 0 saturated heterocycles. The Balaban J connectivity index is 0.00000176. The first-order chi connectivity index (χ1) is 17.3. The average molecular weight is 494 g/mol. The van der Waals surface area contributed by atoms with Gasteiger partial charge in [0.05, 0.1) is 30.1 Å². The van der Waals surface area contributed by atoms with Gasteiger partial charge in [-0.1, -0.05) is 19.9 Å². The van der Waals surface area contributed by atoms with Crippen molar-refractivity contribution in [2.45, 2.75) is 40.7 Å². The topological polar surface area (TPSA) is 159 Å². The number of nitrogens with two attached hydrogens (primary N) is 1. The van der Waals surface area contributed by atoms with Crippen molar-refractivity contribution < 1.29 is 13.9 Å². The molecule has 3 heterocycles. The van der Waals surface area contributed by atoms with Crippen molar-refractivity contribution >= 4 is 23.4 Å². The molecule has 4 N–H and O–H groups in total. The molecule has 36 heavy (non-hydrogen) atoms. The first-order valence-electron chi connectivity index (χ1n) is 11.4. The Morgan fingerprint density at radius 1 is 1.22 bits per heavy atom. The van der Waals surface area contributed by atoms with Crippen molar-refractivity contribution in [1.82, 2.24) is 29.9 Å². The predicted octanol–water partition coefficient (Wildman–Crippen LogP) is 3.93. The molecule has 12 nitrogen and oxygen atoms in total. The maximum Gasteiger partial charge on any atom is 0.254 e. The first-order valence-corrected chi connectivity index (χ1v) is 11.4. The third kappa shape index (κ3) is 5.59. The number of carbonyl (C=O) groups excluding carboxylic acids is 1. The number of aromatic nitrogens is 6. The van der Waals surface area contributed by atoms with E-state index in [1.807, 2.05) is 40.9 Å². The van der Waals surface area contributed by atoms with Crippen molar-refractivity contribution in [2.75, 3.05) is 17.7 Å². The number of methoxy groups -OCH3 is 1. The van der Waals surface area contributed by atoms with Crippen molar-refractivity contribution in [3.63, 3.8) is 0 Å². The smallest absolute Gasteiger partial charge is 0.254 e. The monoisotopic (exact) mass is 493 g/mol. The van der Waals surface area contributed by atoms with Gasteiger partial charge in [0.1, 0.15) is 11.4 Å². The lowest BCUT2D eigenvalue weighted by Crippen LogP contribution is -2.17. The maximum absolute atomic E-state index is 12.1. The third-order valence-corrected chi connectivity index (χ3v) is 5.15. The van der Waals surface area contributed by atoms with E-state index in [1.54, 1.807) is 29.8 Å². The molecular formula is C24H31N9O3. The zero-order valence-corrected chi connectivity index (χ0v) is 21.4. The van der Waals surface area contributed by atoms with Gasteiger partial charge in [0, 0.05) is 31.9 Å². The van der Waals surface area contributed by atoms with Crippen LogP contribution in [0.15, 0.2) is 35.0 Å². The minimum atomic E-state index is -0.673. The number of anilines is 3. The normalized spacial score (nSPS) is 11.3. The number of amides is 1. The van der Waals surface area contributed by atoms with Crippen LogP contribution in [0.5, 0.6) is 5.75 Å². The fourth-order valence-corrected chi connectivity index (χ4v) is 3.60. The van der Waals surface area contributed by atoms with Gasteiger partial charge >= 0.3 is 0 Å². The van der Waals surface area contributed by atoms with Gasteiger partial charge in [-0.3, -0.25) is 9.48 Å². The van der Waals surface area contributed by atoms with Crippen LogP contribution < -0.4 is 21.1 Å². The van der Waals surface area contributed by atoms with E-state index < -0.39 is 5.91 Å². The molecule has 0 bridgehead atoms. The van der Waals surface area contributed by atoms with Crippen molar-refractivity contribution in [3.8, 4) is 17.2 Å². The number of ether oxygens (including phenoxy) is 1. The van der Waals surface area contributed by atoms with Crippen LogP contribution in [0.3, 0.4) is 0 Å². The summed E-state index contributed by atoms with van der Waals surface area (Å²) in [6, 6.07) is 5.22. The van der Waals surface area contributed by atoms with Gasteiger partial charge in [0.25, 0.3) is 11.8 Å². The molecule has 1 aromatic carbocycles. The van der Waals surface area contributed by atoms with E-state index in [4.69, 9.17) is 14.9 Å². The second kappa shape index (κ2) is 11.3. The Kier molecular flexibility index (Phi) is 8.20. The predicted molar refractivity (Wildman–Crippen MR) is 136 cm³/mol. The molecule has 4 rings (SSSR count). The van der Waals surface area contributed by atoms with Crippen LogP contribution in [0.2, 0.25) is 0 Å². The van der Waals surface area contributed by atoms with Crippen LogP contribution in [0.4, 0.5) is 17.5 Å². The summed E-state index contributed by atoms with van der Waals surface area (Å²) in [4.78, 5) is 20.8. The molecule has 1 atom stereocenters. The minimum absolute atomic E-state index is 0.122. The summed E-state index contributed by atoms with van der Waals surface area (Å²) in [7, 11) is 3.38. The summed E-state index contributed by atoms with van der Waals surface area (Å²) in [5, 5.41) is 18.7. The summed E-state index contributed by atoms with van der Waals surface area (Å²) >= 11 is 0. The SMILES string of the molecule is CC.COc1c(Nc2nc(NC(C)c3cn(C)nc3C)ncc2C(N)=O)cccc1-c1nnc(C)o1. The second-order valence-electron chi connectivity index (χ2n) is 7.67. The molecule has 0 spiro atoms. The number of primary amides is 1. The Hall–Kier alpha value is -4.48. The lowest BCUT2D eigenvalue weighted by Gasteiger charge is -2.17. The number of rotatable bonds is 8. The van der Waals surface area contributed by atoms with Gasteiger partial charge in [-0.05, 0) is 26.0 Å². The molecule has 3 aromatic heterocycles. The van der Waals surface area contributed by atoms with Gasteiger partial charge in [-0.15, -0.1) is 10.2 Å². The highest BCUT2D eigenvalue weighted by atomic mass is 16.5. The van der Waals surface area contributed by atoms with E-state index in [9.17, 15) is 4.79 Å². The third-order valence-electron chi connectivity index (χ3n) is 5.15. The number of nitrogens with one attached hydrogen (secondary N) is 2. The molecule has 1 amide bonds. The van der Waals surface area contributed by atoms with Crippen LogP contribution in [0, 0.1) is 13.8 Å². The summed E-state index contributed by atoms with van der Waals surface area (Å²) in [5.41, 5.74) is 8.71. The molecular weight excluding hydrogens is 462 g/mol. The molecule has 4 aromatic rings. The van der Waals surface area contributed by atoms with E-state index in [0.29, 0.717) is 34.7 Å². The van der Waals surface area contributed by atoms with E-state index in [1.165, 1.54) is 13.3 Å². The number of aryl methyl sites for hydroxylation is 3. The number of nitrogens with zero attached hydrogens (tertiary/aromatic N) is 6. The number of hydrogen-bond donors (Lipinski definition) is 3. The minimum Gasteiger partial charge on any atom is -0.494 e. The lowest BCUT2D eigenvalue weighted by molar-refractivity contribution is 0.100. The van der Waals surface area contributed by atoms with Crippen LogP contribution in [-0.2, 0) is 7.05 Å². The Morgan fingerprint density at radius 3 is 2.56 bits per heavy atom. The van der Waals surface area contributed by atoms with Crippen molar-refractivity contribution in [2.24, 2.45) is 12.8 Å². The Labute approximate surface area is 209 Å². The summed E-state index contributed by atoms with van der Waals surface area (Å²) in [5.74, 6) is 1.03. The number of carbonyl (C=O) groups is 1. The zero-order chi connectivity index (χ0) is 26.4. The highest BCUT2D eigenvalue weighted by Gasteiger charge is 2.20. The second-order valence-corrected chi connectivity index (χ2v) is 7.67. The molecule has 12 heteroatoms. The van der Waals surface area contributed by atoms with Gasteiger partial charge in [-0.25, -0.2) is 4.98 Å². The Bertz CT molecular complexity index is 1350. The van der Waals surface area contributed by atoms with Crippen molar-refractivity contribution in [1.29, 1.82) is 0 Å². The molecule has 0 aliphatic carbocycles. The molecule has 1 unspecified atom stereocenters. The highest BCUT2D eigenvalue weighted by Crippen LogP contribution is 2.37. The molecule has 0 aliphatic rings. The quantitative estimate of drug-likeness (QED) is 0.328. The summed E-state index contributed by atoms with van der Waals surface area (Å²) < 4.78 is 12.9. The van der Waals surface area contributed by atoms with Crippen LogP contribution in [0.1, 0.15) is 54.3 Å². The number of para-hydroxylation sites is 1. The molecule has 0 fully saturated rings. The number of hydrogen-bond acceptors (Lipinski definition) is 10. The Morgan fingerprint density at radius 2 is 1.97 bits per heavy atom. The maximum atomic E-state index is 12.1. The first kappa shape index (κ1) is 26.1. The van der Waals surface area contributed by atoms with Crippen LogP contribution in [0.25, 0.3) is 11.5 Å². The van der Waals surface area contributed by atoms with Crippen LogP contribution >= 0.6 is 0 Å². The molecule has 190 valence electrons. The average Bonchev–Trinajstić information content (AvgIpc) is 3.44. The highest BCUT2D eigenvalue weighted by molar-refractivity contribution is 5.98. The summed E-state index contributed by atoms with van der Waals surface area (Å²) in [6.45, 7) is 9.61. The van der Waals surface area contributed by atoms with E-state index >= 15 is 0 Å². The van der Waals surface area contributed by atoms with E-state index in [0.717, 1.165) is 11.3 Å². The standard InChI is InChI=1S/C22H25N9O3.C2H6/c1-11(16-10-31(4)30-12(16)2)25-22-24-9-15(19(23)32)20(27-22)26-17-8-6-7-14(18(17)33-5)21-29-28-13(3)34-21;1-2/h6-11H,1-5H3,(H2,23,32)(H2,24,25,26,27);1-2H3. The van der Waals surface area contributed by atoms with Gasteiger partial charge < -0.3 is 25.5 Å². The molecule has 0 radical (unpaired) electrons. The lowest BCUT2D eigenvalue weighted by atomic mass is 10.1. The fourth-order valence-electron chi connectivity index (χ4n) is 3.60.